The van der Waals surface area contributed by atoms with Gasteiger partial charge in [0.25, 0.3) is 5.91 Å². The maximum Gasteiger partial charge on any atom is 0.310 e. The molecule has 0 unspecified atom stereocenters. The van der Waals surface area contributed by atoms with Crippen LogP contribution in [0, 0.1) is 5.82 Å². The lowest BCUT2D eigenvalue weighted by Gasteiger charge is -2.06. The van der Waals surface area contributed by atoms with Gasteiger partial charge in [-0.15, -0.1) is 0 Å². The van der Waals surface area contributed by atoms with E-state index in [1.165, 1.54) is 31.2 Å². The molecule has 0 aromatic heterocycles. The SMILES string of the molecule is CC(=O)NNC(=O)COC(=O)Cc1ccc(F)cc1. The number of carbonyl (C=O) groups excluding carboxylic acids is 3. The molecular formula is C12H13FN2O4. The summed E-state index contributed by atoms with van der Waals surface area (Å²) in [6.45, 7) is 0.723. The molecule has 102 valence electrons. The van der Waals surface area contributed by atoms with Gasteiger partial charge < -0.3 is 4.74 Å². The fraction of sp³-hybridized carbons (Fsp3) is 0.250. The van der Waals surface area contributed by atoms with Crippen molar-refractivity contribution in [1.82, 2.24) is 10.9 Å². The third-order valence-electron chi connectivity index (χ3n) is 2.00. The van der Waals surface area contributed by atoms with Crippen molar-refractivity contribution in [3.05, 3.63) is 35.6 Å². The molecule has 2 amide bonds. The number of benzene rings is 1. The van der Waals surface area contributed by atoms with Crippen LogP contribution in [0.25, 0.3) is 0 Å². The number of halogens is 1. The maximum atomic E-state index is 12.6. The van der Waals surface area contributed by atoms with E-state index in [4.69, 9.17) is 0 Å². The molecule has 1 rings (SSSR count). The van der Waals surface area contributed by atoms with Crippen molar-refractivity contribution in [2.45, 2.75) is 13.3 Å². The highest BCUT2D eigenvalue weighted by Gasteiger charge is 2.08. The molecule has 0 spiro atoms. The van der Waals surface area contributed by atoms with Gasteiger partial charge in [-0.3, -0.25) is 25.2 Å². The van der Waals surface area contributed by atoms with Gasteiger partial charge in [-0.2, -0.15) is 0 Å². The summed E-state index contributed by atoms with van der Waals surface area (Å²) in [6, 6.07) is 5.36. The van der Waals surface area contributed by atoms with Gasteiger partial charge in [-0.25, -0.2) is 4.39 Å². The predicted octanol–water partition coefficient (Wildman–Crippen LogP) is 0.0787. The number of carbonyl (C=O) groups is 3. The number of rotatable bonds is 4. The number of hydrogen-bond donors (Lipinski definition) is 2. The summed E-state index contributed by atoms with van der Waals surface area (Å²) < 4.78 is 17.3. The number of nitrogens with one attached hydrogen (secondary N) is 2. The van der Waals surface area contributed by atoms with Gasteiger partial charge >= 0.3 is 5.97 Å². The van der Waals surface area contributed by atoms with Crippen molar-refractivity contribution in [2.75, 3.05) is 6.61 Å². The molecule has 0 radical (unpaired) electrons. The van der Waals surface area contributed by atoms with E-state index in [0.29, 0.717) is 5.56 Å². The molecule has 0 heterocycles. The minimum absolute atomic E-state index is 0.0618. The molecule has 19 heavy (non-hydrogen) atoms. The number of esters is 1. The van der Waals surface area contributed by atoms with Crippen LogP contribution < -0.4 is 10.9 Å². The summed E-state index contributed by atoms with van der Waals surface area (Å²) in [5.74, 6) is -2.11. The van der Waals surface area contributed by atoms with Gasteiger partial charge in [0.05, 0.1) is 6.42 Å². The molecule has 6 nitrogen and oxygen atoms in total. The Morgan fingerprint density at radius 3 is 2.37 bits per heavy atom. The van der Waals surface area contributed by atoms with Crippen LogP contribution in [0.2, 0.25) is 0 Å². The summed E-state index contributed by atoms with van der Waals surface area (Å²) in [4.78, 5) is 32.9. The van der Waals surface area contributed by atoms with Crippen LogP contribution in [0.5, 0.6) is 0 Å². The number of hydrogen-bond acceptors (Lipinski definition) is 4. The van der Waals surface area contributed by atoms with Crippen LogP contribution >= 0.6 is 0 Å². The molecule has 0 saturated heterocycles. The Morgan fingerprint density at radius 1 is 1.16 bits per heavy atom. The lowest BCUT2D eigenvalue weighted by Crippen LogP contribution is -2.42. The van der Waals surface area contributed by atoms with Crippen molar-refractivity contribution in [3.8, 4) is 0 Å². The smallest absolute Gasteiger partial charge is 0.310 e. The second kappa shape index (κ2) is 7.10. The zero-order valence-electron chi connectivity index (χ0n) is 10.2. The van der Waals surface area contributed by atoms with E-state index in [0.717, 1.165) is 0 Å². The highest BCUT2D eigenvalue weighted by atomic mass is 19.1. The topological polar surface area (TPSA) is 84.5 Å². The van der Waals surface area contributed by atoms with Crippen LogP contribution in [-0.2, 0) is 25.5 Å². The Kier molecular flexibility index (Phi) is 5.46. The Hall–Kier alpha value is -2.44. The zero-order chi connectivity index (χ0) is 14.3. The molecule has 0 aliphatic heterocycles. The average Bonchev–Trinajstić information content (AvgIpc) is 2.36. The molecule has 2 N–H and O–H groups in total. The maximum absolute atomic E-state index is 12.6. The summed E-state index contributed by atoms with van der Waals surface area (Å²) >= 11 is 0. The minimum atomic E-state index is -0.650. The number of ether oxygens (including phenoxy) is 1. The fourth-order valence-electron chi connectivity index (χ4n) is 1.16. The van der Waals surface area contributed by atoms with Crippen molar-refractivity contribution in [3.63, 3.8) is 0 Å². The quantitative estimate of drug-likeness (QED) is 0.598. The van der Waals surface area contributed by atoms with E-state index in [1.54, 1.807) is 0 Å². The molecule has 0 aliphatic rings. The lowest BCUT2D eigenvalue weighted by atomic mass is 10.1. The Labute approximate surface area is 108 Å². The van der Waals surface area contributed by atoms with Crippen LogP contribution in [0.4, 0.5) is 4.39 Å². The number of amides is 2. The first-order chi connectivity index (χ1) is 8.97. The fourth-order valence-corrected chi connectivity index (χ4v) is 1.16. The van der Waals surface area contributed by atoms with Gasteiger partial charge in [-0.05, 0) is 17.7 Å². The summed E-state index contributed by atoms with van der Waals surface area (Å²) in [7, 11) is 0. The molecular weight excluding hydrogens is 255 g/mol. The molecule has 1 aromatic carbocycles. The Morgan fingerprint density at radius 2 is 1.79 bits per heavy atom. The Balaban J connectivity index is 2.29. The monoisotopic (exact) mass is 268 g/mol. The highest BCUT2D eigenvalue weighted by molar-refractivity contribution is 5.83. The summed E-state index contributed by atoms with van der Waals surface area (Å²) in [6.07, 6.45) is -0.0618. The molecule has 0 atom stereocenters. The third kappa shape index (κ3) is 6.16. The molecule has 7 heteroatoms. The molecule has 0 bridgehead atoms. The first-order valence-corrected chi connectivity index (χ1v) is 5.43. The number of hydrazine groups is 1. The van der Waals surface area contributed by atoms with Crippen molar-refractivity contribution >= 4 is 17.8 Å². The van der Waals surface area contributed by atoms with E-state index in [1.807, 2.05) is 5.43 Å². The van der Waals surface area contributed by atoms with Crippen molar-refractivity contribution < 1.29 is 23.5 Å². The lowest BCUT2D eigenvalue weighted by molar-refractivity contribution is -0.148. The van der Waals surface area contributed by atoms with E-state index in [2.05, 4.69) is 10.2 Å². The first kappa shape index (κ1) is 14.6. The van der Waals surface area contributed by atoms with Crippen molar-refractivity contribution in [2.24, 2.45) is 0 Å². The van der Waals surface area contributed by atoms with Gasteiger partial charge in [-0.1, -0.05) is 12.1 Å². The second-order valence-corrected chi connectivity index (χ2v) is 3.69. The second-order valence-electron chi connectivity index (χ2n) is 3.69. The average molecular weight is 268 g/mol. The van der Waals surface area contributed by atoms with Gasteiger partial charge in [0, 0.05) is 6.92 Å². The molecule has 0 saturated carbocycles. The van der Waals surface area contributed by atoms with E-state index >= 15 is 0 Å². The van der Waals surface area contributed by atoms with Crippen molar-refractivity contribution in [1.29, 1.82) is 0 Å². The van der Waals surface area contributed by atoms with Gasteiger partial charge in [0.15, 0.2) is 6.61 Å². The molecule has 0 aliphatic carbocycles. The first-order valence-electron chi connectivity index (χ1n) is 5.43. The summed E-state index contributed by atoms with van der Waals surface area (Å²) in [5, 5.41) is 0. The standard InChI is InChI=1S/C12H13FN2O4/c1-8(16)14-15-11(17)7-19-12(18)6-9-2-4-10(13)5-3-9/h2-5H,6-7H2,1H3,(H,14,16)(H,15,17). The molecule has 1 aromatic rings. The minimum Gasteiger partial charge on any atom is -0.455 e. The van der Waals surface area contributed by atoms with Gasteiger partial charge in [0.1, 0.15) is 5.82 Å². The van der Waals surface area contributed by atoms with Crippen LogP contribution in [-0.4, -0.2) is 24.4 Å². The Bertz CT molecular complexity index is 473. The largest absolute Gasteiger partial charge is 0.455 e. The predicted molar refractivity (Wildman–Crippen MR) is 63.0 cm³/mol. The van der Waals surface area contributed by atoms with E-state index in [9.17, 15) is 18.8 Å². The van der Waals surface area contributed by atoms with E-state index in [-0.39, 0.29) is 6.42 Å². The normalized spacial score (nSPS) is 9.58. The van der Waals surface area contributed by atoms with E-state index < -0.39 is 30.2 Å². The summed E-state index contributed by atoms with van der Waals surface area (Å²) in [5.41, 5.74) is 4.67. The van der Waals surface area contributed by atoms with Gasteiger partial charge in [0.2, 0.25) is 5.91 Å². The molecule has 0 fully saturated rings. The van der Waals surface area contributed by atoms with Crippen LogP contribution in [0.15, 0.2) is 24.3 Å². The van der Waals surface area contributed by atoms with Crippen LogP contribution in [0.3, 0.4) is 0 Å². The zero-order valence-corrected chi connectivity index (χ0v) is 10.2. The third-order valence-corrected chi connectivity index (χ3v) is 2.00. The highest BCUT2D eigenvalue weighted by Crippen LogP contribution is 2.04. The van der Waals surface area contributed by atoms with Crippen LogP contribution in [0.1, 0.15) is 12.5 Å².